The Bertz CT molecular complexity index is 668. The molecule has 0 fully saturated rings. The third-order valence-corrected chi connectivity index (χ3v) is 4.09. The molecule has 7 nitrogen and oxygen atoms in total. The van der Waals surface area contributed by atoms with E-state index in [1.807, 2.05) is 40.7 Å². The van der Waals surface area contributed by atoms with Gasteiger partial charge in [0.05, 0.1) is 6.04 Å². The molecule has 0 heterocycles. The van der Waals surface area contributed by atoms with Crippen LogP contribution < -0.4 is 11.1 Å². The summed E-state index contributed by atoms with van der Waals surface area (Å²) >= 11 is 0. The molecule has 28 heavy (non-hydrogen) atoms. The van der Waals surface area contributed by atoms with E-state index in [9.17, 15) is 19.5 Å². The van der Waals surface area contributed by atoms with Crippen molar-refractivity contribution < 1.29 is 19.5 Å². The zero-order valence-electron chi connectivity index (χ0n) is 17.4. The van der Waals surface area contributed by atoms with Gasteiger partial charge in [0.15, 0.2) is 0 Å². The van der Waals surface area contributed by atoms with Crippen molar-refractivity contribution >= 4 is 17.8 Å². The maximum absolute atomic E-state index is 13.0. The number of amides is 2. The van der Waals surface area contributed by atoms with E-state index in [1.54, 1.807) is 24.3 Å². The summed E-state index contributed by atoms with van der Waals surface area (Å²) in [6.45, 7) is 8.97. The second-order valence-electron chi connectivity index (χ2n) is 8.54. The lowest BCUT2D eigenvalue weighted by Gasteiger charge is -2.32. The average molecular weight is 392 g/mol. The molecule has 0 saturated carbocycles. The van der Waals surface area contributed by atoms with Gasteiger partial charge in [-0.25, -0.2) is 4.79 Å². The zero-order chi connectivity index (χ0) is 21.5. The largest absolute Gasteiger partial charge is 0.480 e. The van der Waals surface area contributed by atoms with Crippen molar-refractivity contribution in [1.82, 2.24) is 10.2 Å². The van der Waals surface area contributed by atoms with Crippen LogP contribution in [0, 0.1) is 5.92 Å². The molecule has 1 rings (SSSR count). The minimum Gasteiger partial charge on any atom is -0.480 e. The Morgan fingerprint density at radius 3 is 2.18 bits per heavy atom. The number of nitrogens with zero attached hydrogens (tertiary/aromatic N) is 1. The number of hydrogen-bond donors (Lipinski definition) is 3. The summed E-state index contributed by atoms with van der Waals surface area (Å²) in [7, 11) is 0. The van der Waals surface area contributed by atoms with Crippen molar-refractivity contribution in [2.45, 2.75) is 65.1 Å². The normalized spacial score (nSPS) is 13.7. The van der Waals surface area contributed by atoms with Crippen molar-refractivity contribution in [3.63, 3.8) is 0 Å². The summed E-state index contributed by atoms with van der Waals surface area (Å²) in [5, 5.41) is 12.6. The molecule has 0 radical (unpaired) electrons. The van der Waals surface area contributed by atoms with E-state index in [-0.39, 0.29) is 18.9 Å². The van der Waals surface area contributed by atoms with Gasteiger partial charge in [-0.2, -0.15) is 0 Å². The van der Waals surface area contributed by atoms with Crippen molar-refractivity contribution in [2.24, 2.45) is 11.7 Å². The molecule has 2 amide bonds. The highest BCUT2D eigenvalue weighted by Crippen LogP contribution is 2.14. The minimum atomic E-state index is -1.18. The van der Waals surface area contributed by atoms with Crippen LogP contribution in [0.4, 0.5) is 0 Å². The molecule has 0 bridgehead atoms. The lowest BCUT2D eigenvalue weighted by molar-refractivity contribution is -0.152. The summed E-state index contributed by atoms with van der Waals surface area (Å²) in [6.07, 6.45) is 0.507. The average Bonchev–Trinajstić information content (AvgIpc) is 2.55. The van der Waals surface area contributed by atoms with Crippen LogP contribution in [0.5, 0.6) is 0 Å². The standard InChI is InChI=1S/C21H33N3O4/c1-14(2)11-16(22)19(26)24(13-18(25)23-21(3,4)5)17(20(27)28)12-15-9-7-6-8-10-15/h6-10,14,16-17H,11-13,22H2,1-5H3,(H,23,25)(H,27,28)/t16-,17-/m0/s1. The number of carboxylic acid groups (broad SMARTS) is 1. The molecule has 2 atom stereocenters. The van der Waals surface area contributed by atoms with Crippen LogP contribution in [0.3, 0.4) is 0 Å². The fraction of sp³-hybridized carbons (Fsp3) is 0.571. The van der Waals surface area contributed by atoms with Gasteiger partial charge >= 0.3 is 5.97 Å². The summed E-state index contributed by atoms with van der Waals surface area (Å²) < 4.78 is 0. The van der Waals surface area contributed by atoms with Gasteiger partial charge < -0.3 is 21.1 Å². The number of carboxylic acids is 1. The Kier molecular flexibility index (Phi) is 8.63. The maximum atomic E-state index is 13.0. The van der Waals surface area contributed by atoms with Crippen LogP contribution in [-0.4, -0.2) is 52.0 Å². The van der Waals surface area contributed by atoms with Crippen LogP contribution in [0.25, 0.3) is 0 Å². The van der Waals surface area contributed by atoms with Crippen molar-refractivity contribution in [3.8, 4) is 0 Å². The van der Waals surface area contributed by atoms with Crippen molar-refractivity contribution in [3.05, 3.63) is 35.9 Å². The molecule has 0 aliphatic carbocycles. The molecule has 7 heteroatoms. The Morgan fingerprint density at radius 2 is 1.71 bits per heavy atom. The Balaban J connectivity index is 3.15. The fourth-order valence-corrected chi connectivity index (χ4v) is 2.94. The molecule has 156 valence electrons. The highest BCUT2D eigenvalue weighted by molar-refractivity contribution is 5.91. The van der Waals surface area contributed by atoms with E-state index in [0.29, 0.717) is 6.42 Å². The summed E-state index contributed by atoms with van der Waals surface area (Å²) in [5.74, 6) is -1.95. The molecule has 0 unspecified atom stereocenters. The second kappa shape index (κ2) is 10.2. The zero-order valence-corrected chi connectivity index (χ0v) is 17.4. The van der Waals surface area contributed by atoms with E-state index < -0.39 is 35.4 Å². The predicted molar refractivity (Wildman–Crippen MR) is 109 cm³/mol. The van der Waals surface area contributed by atoms with Gasteiger partial charge in [0, 0.05) is 12.0 Å². The molecule has 0 aliphatic heterocycles. The van der Waals surface area contributed by atoms with Crippen molar-refractivity contribution in [1.29, 1.82) is 0 Å². The summed E-state index contributed by atoms with van der Waals surface area (Å²) in [5.41, 5.74) is 6.31. The van der Waals surface area contributed by atoms with Gasteiger partial charge in [-0.05, 0) is 38.7 Å². The number of benzene rings is 1. The third-order valence-electron chi connectivity index (χ3n) is 4.09. The third kappa shape index (κ3) is 8.08. The number of nitrogens with one attached hydrogen (secondary N) is 1. The first-order valence-corrected chi connectivity index (χ1v) is 9.54. The van der Waals surface area contributed by atoms with Crippen LogP contribution in [0.1, 0.15) is 46.6 Å². The first kappa shape index (κ1) is 23.6. The number of rotatable bonds is 9. The van der Waals surface area contributed by atoms with E-state index in [4.69, 9.17) is 5.73 Å². The second-order valence-corrected chi connectivity index (χ2v) is 8.54. The van der Waals surface area contributed by atoms with E-state index >= 15 is 0 Å². The number of carbonyl (C=O) groups is 3. The van der Waals surface area contributed by atoms with Gasteiger partial charge in [0.25, 0.3) is 0 Å². The van der Waals surface area contributed by atoms with Gasteiger partial charge in [-0.3, -0.25) is 9.59 Å². The smallest absolute Gasteiger partial charge is 0.326 e. The van der Waals surface area contributed by atoms with Crippen LogP contribution in [0.15, 0.2) is 30.3 Å². The Hall–Kier alpha value is -2.41. The summed E-state index contributed by atoms with van der Waals surface area (Å²) in [4.78, 5) is 38.5. The van der Waals surface area contributed by atoms with Gasteiger partial charge in [-0.1, -0.05) is 44.2 Å². The molecule has 0 aromatic heterocycles. The first-order valence-electron chi connectivity index (χ1n) is 9.54. The molecule has 4 N–H and O–H groups in total. The molecule has 0 aliphatic rings. The predicted octanol–water partition coefficient (Wildman–Crippen LogP) is 1.80. The fourth-order valence-electron chi connectivity index (χ4n) is 2.94. The first-order chi connectivity index (χ1) is 12.9. The van der Waals surface area contributed by atoms with Gasteiger partial charge in [0.2, 0.25) is 11.8 Å². The lowest BCUT2D eigenvalue weighted by Crippen LogP contribution is -2.56. The summed E-state index contributed by atoms with van der Waals surface area (Å²) in [6, 6.07) is 6.98. The van der Waals surface area contributed by atoms with E-state index in [0.717, 1.165) is 10.5 Å². The monoisotopic (exact) mass is 391 g/mol. The molecular weight excluding hydrogens is 358 g/mol. The molecule has 1 aromatic carbocycles. The minimum absolute atomic E-state index is 0.0963. The lowest BCUT2D eigenvalue weighted by atomic mass is 10.00. The van der Waals surface area contributed by atoms with E-state index in [2.05, 4.69) is 5.32 Å². The van der Waals surface area contributed by atoms with Crippen LogP contribution >= 0.6 is 0 Å². The SMILES string of the molecule is CC(C)C[C@H](N)C(=O)N(CC(=O)NC(C)(C)C)[C@@H](Cc1ccccc1)C(=O)O. The van der Waals surface area contributed by atoms with Gasteiger partial charge in [-0.15, -0.1) is 0 Å². The topological polar surface area (TPSA) is 113 Å². The van der Waals surface area contributed by atoms with Crippen LogP contribution in [0.2, 0.25) is 0 Å². The van der Waals surface area contributed by atoms with Crippen LogP contribution in [-0.2, 0) is 20.8 Å². The molecular formula is C21H33N3O4. The number of hydrogen-bond acceptors (Lipinski definition) is 4. The maximum Gasteiger partial charge on any atom is 0.326 e. The highest BCUT2D eigenvalue weighted by atomic mass is 16.4. The Morgan fingerprint density at radius 1 is 1.14 bits per heavy atom. The quantitative estimate of drug-likeness (QED) is 0.594. The number of aliphatic carboxylic acids is 1. The van der Waals surface area contributed by atoms with E-state index in [1.165, 1.54) is 0 Å². The molecule has 1 aromatic rings. The Labute approximate surface area is 167 Å². The number of carbonyl (C=O) groups excluding carboxylic acids is 2. The van der Waals surface area contributed by atoms with Gasteiger partial charge in [0.1, 0.15) is 12.6 Å². The van der Waals surface area contributed by atoms with Crippen molar-refractivity contribution in [2.75, 3.05) is 6.54 Å². The highest BCUT2D eigenvalue weighted by Gasteiger charge is 2.34. The molecule has 0 saturated heterocycles. The molecule has 0 spiro atoms. The number of nitrogens with two attached hydrogens (primary N) is 1.